The second kappa shape index (κ2) is 8.42. The Labute approximate surface area is 155 Å². The van der Waals surface area contributed by atoms with E-state index in [2.05, 4.69) is 5.32 Å². The van der Waals surface area contributed by atoms with Crippen molar-refractivity contribution >= 4 is 23.2 Å². The summed E-state index contributed by atoms with van der Waals surface area (Å²) in [5.41, 5.74) is 0.735. The summed E-state index contributed by atoms with van der Waals surface area (Å²) < 4.78 is 18.6. The van der Waals surface area contributed by atoms with Crippen LogP contribution in [0, 0.1) is 11.7 Å². The van der Waals surface area contributed by atoms with E-state index in [1.54, 1.807) is 24.1 Å². The summed E-state index contributed by atoms with van der Waals surface area (Å²) >= 11 is 1.38. The smallest absolute Gasteiger partial charge is 0.263 e. The van der Waals surface area contributed by atoms with Gasteiger partial charge in [-0.05, 0) is 29.1 Å². The minimum atomic E-state index is -0.419. The third-order valence-electron chi connectivity index (χ3n) is 4.56. The highest BCUT2D eigenvalue weighted by Crippen LogP contribution is 2.34. The summed E-state index contributed by atoms with van der Waals surface area (Å²) in [6, 6.07) is 9.86. The number of halogens is 1. The predicted molar refractivity (Wildman–Crippen MR) is 97.7 cm³/mol. The number of carbonyl (C=O) groups excluding carboxylic acids is 2. The molecule has 26 heavy (non-hydrogen) atoms. The van der Waals surface area contributed by atoms with Crippen LogP contribution in [0.4, 0.5) is 4.39 Å². The summed E-state index contributed by atoms with van der Waals surface area (Å²) in [6.45, 7) is 1.53. The number of carbonyl (C=O) groups is 2. The lowest BCUT2D eigenvalue weighted by atomic mass is 9.88. The predicted octanol–water partition coefficient (Wildman–Crippen LogP) is 2.51. The van der Waals surface area contributed by atoms with Crippen LogP contribution in [0.1, 0.15) is 21.2 Å². The first-order chi connectivity index (χ1) is 12.6. The number of nitrogens with zero attached hydrogens (tertiary/aromatic N) is 1. The van der Waals surface area contributed by atoms with Gasteiger partial charge in [0.1, 0.15) is 5.82 Å². The number of nitrogens with one attached hydrogen (secondary N) is 1. The third-order valence-corrected chi connectivity index (χ3v) is 5.42. The Morgan fingerprint density at radius 2 is 2.15 bits per heavy atom. The van der Waals surface area contributed by atoms with Gasteiger partial charge in [-0.3, -0.25) is 9.59 Å². The number of likely N-dealkylation sites (tertiary alicyclic amines) is 1. The van der Waals surface area contributed by atoms with Crippen LogP contribution in [-0.4, -0.2) is 50.1 Å². The van der Waals surface area contributed by atoms with Gasteiger partial charge in [-0.15, -0.1) is 11.3 Å². The summed E-state index contributed by atoms with van der Waals surface area (Å²) in [5, 5.41) is 4.69. The molecule has 1 saturated heterocycles. The lowest BCUT2D eigenvalue weighted by molar-refractivity contribution is -0.125. The normalized spacial score (nSPS) is 19.5. The highest BCUT2D eigenvalue weighted by Gasteiger charge is 2.40. The van der Waals surface area contributed by atoms with Crippen LogP contribution >= 0.6 is 11.3 Å². The number of hydrogen-bond acceptors (Lipinski definition) is 4. The zero-order chi connectivity index (χ0) is 18.5. The largest absolute Gasteiger partial charge is 0.383 e. The van der Waals surface area contributed by atoms with E-state index in [9.17, 15) is 14.0 Å². The molecule has 2 heterocycles. The van der Waals surface area contributed by atoms with Gasteiger partial charge in [0.15, 0.2) is 0 Å². The Morgan fingerprint density at radius 3 is 2.85 bits per heavy atom. The fourth-order valence-electron chi connectivity index (χ4n) is 3.27. The maximum Gasteiger partial charge on any atom is 0.263 e. The van der Waals surface area contributed by atoms with E-state index in [-0.39, 0.29) is 23.5 Å². The molecule has 1 aliphatic heterocycles. The second-order valence-corrected chi connectivity index (χ2v) is 7.19. The Morgan fingerprint density at radius 1 is 1.31 bits per heavy atom. The number of hydrogen-bond donors (Lipinski definition) is 1. The van der Waals surface area contributed by atoms with Crippen LogP contribution in [0.25, 0.3) is 0 Å². The summed E-state index contributed by atoms with van der Waals surface area (Å²) in [6.07, 6.45) is 0. The lowest BCUT2D eigenvalue weighted by Gasteiger charge is -2.18. The van der Waals surface area contributed by atoms with E-state index < -0.39 is 5.92 Å². The maximum atomic E-state index is 13.7. The molecule has 0 spiro atoms. The Hall–Kier alpha value is -2.25. The summed E-state index contributed by atoms with van der Waals surface area (Å²) in [4.78, 5) is 27.7. The molecule has 0 saturated carbocycles. The molecule has 1 aliphatic rings. The van der Waals surface area contributed by atoms with E-state index in [0.29, 0.717) is 31.1 Å². The molecule has 0 radical (unpaired) electrons. The molecule has 2 atom stereocenters. The lowest BCUT2D eigenvalue weighted by Crippen LogP contribution is -2.37. The minimum absolute atomic E-state index is 0.0893. The fourth-order valence-corrected chi connectivity index (χ4v) is 3.96. The van der Waals surface area contributed by atoms with Crippen molar-refractivity contribution < 1.29 is 18.7 Å². The number of thiophene rings is 1. The molecular weight excluding hydrogens is 355 g/mol. The molecule has 1 fully saturated rings. The number of rotatable bonds is 6. The molecule has 1 aromatic carbocycles. The van der Waals surface area contributed by atoms with Gasteiger partial charge in [0.05, 0.1) is 17.4 Å². The number of benzene rings is 1. The van der Waals surface area contributed by atoms with E-state index in [4.69, 9.17) is 4.74 Å². The molecule has 2 aromatic rings. The first-order valence-electron chi connectivity index (χ1n) is 8.45. The monoisotopic (exact) mass is 376 g/mol. The van der Waals surface area contributed by atoms with E-state index >= 15 is 0 Å². The molecule has 0 bridgehead atoms. The average molecular weight is 376 g/mol. The van der Waals surface area contributed by atoms with Crippen LogP contribution in [0.3, 0.4) is 0 Å². The molecule has 5 nitrogen and oxygen atoms in total. The van der Waals surface area contributed by atoms with E-state index in [1.165, 1.54) is 23.5 Å². The molecule has 2 unspecified atom stereocenters. The topological polar surface area (TPSA) is 58.6 Å². The van der Waals surface area contributed by atoms with Gasteiger partial charge >= 0.3 is 0 Å². The molecule has 1 aromatic heterocycles. The molecule has 2 amide bonds. The van der Waals surface area contributed by atoms with Crippen molar-refractivity contribution in [1.29, 1.82) is 0 Å². The standard InChI is InChI=1S/C19H21FN2O3S/c1-25-8-7-21-18(23)16-12-22(19(24)17-6-3-9-26-17)11-15(16)13-4-2-5-14(20)10-13/h2-6,9-10,15-16H,7-8,11-12H2,1H3,(H,21,23). The zero-order valence-corrected chi connectivity index (χ0v) is 15.3. The Bertz CT molecular complexity index is 766. The van der Waals surface area contributed by atoms with Crippen molar-refractivity contribution in [1.82, 2.24) is 10.2 Å². The highest BCUT2D eigenvalue weighted by atomic mass is 32.1. The van der Waals surface area contributed by atoms with Gasteiger partial charge in [0.2, 0.25) is 5.91 Å². The van der Waals surface area contributed by atoms with Gasteiger partial charge in [0.25, 0.3) is 5.91 Å². The van der Waals surface area contributed by atoms with Crippen molar-refractivity contribution in [3.63, 3.8) is 0 Å². The third kappa shape index (κ3) is 4.11. The van der Waals surface area contributed by atoms with Crippen LogP contribution in [0.15, 0.2) is 41.8 Å². The van der Waals surface area contributed by atoms with Gasteiger partial charge in [-0.25, -0.2) is 4.39 Å². The van der Waals surface area contributed by atoms with Crippen molar-refractivity contribution in [2.45, 2.75) is 5.92 Å². The van der Waals surface area contributed by atoms with E-state index in [1.807, 2.05) is 17.5 Å². The minimum Gasteiger partial charge on any atom is -0.383 e. The van der Waals surface area contributed by atoms with Crippen LogP contribution in [-0.2, 0) is 9.53 Å². The average Bonchev–Trinajstić information content (AvgIpc) is 3.31. The molecule has 1 N–H and O–H groups in total. The molecule has 3 rings (SSSR count). The van der Waals surface area contributed by atoms with Crippen molar-refractivity contribution in [3.8, 4) is 0 Å². The SMILES string of the molecule is COCCNC(=O)C1CN(C(=O)c2cccs2)CC1c1cccc(F)c1. The number of ether oxygens (including phenoxy) is 1. The first kappa shape index (κ1) is 18.5. The van der Waals surface area contributed by atoms with Crippen molar-refractivity contribution in [2.75, 3.05) is 33.4 Å². The number of amides is 2. The molecule has 138 valence electrons. The van der Waals surface area contributed by atoms with Gasteiger partial charge in [0, 0.05) is 32.7 Å². The van der Waals surface area contributed by atoms with Crippen LogP contribution in [0.2, 0.25) is 0 Å². The molecular formula is C19H21FN2O3S. The van der Waals surface area contributed by atoms with Crippen LogP contribution in [0.5, 0.6) is 0 Å². The van der Waals surface area contributed by atoms with Gasteiger partial charge < -0.3 is 15.0 Å². The molecule has 7 heteroatoms. The summed E-state index contributed by atoms with van der Waals surface area (Å²) in [7, 11) is 1.57. The van der Waals surface area contributed by atoms with Crippen LogP contribution < -0.4 is 5.32 Å². The second-order valence-electron chi connectivity index (χ2n) is 6.24. The maximum absolute atomic E-state index is 13.7. The quantitative estimate of drug-likeness (QED) is 0.788. The van der Waals surface area contributed by atoms with Crippen molar-refractivity contribution in [3.05, 3.63) is 58.0 Å². The number of methoxy groups -OCH3 is 1. The first-order valence-corrected chi connectivity index (χ1v) is 9.33. The highest BCUT2D eigenvalue weighted by molar-refractivity contribution is 7.12. The Balaban J connectivity index is 1.81. The zero-order valence-electron chi connectivity index (χ0n) is 14.5. The van der Waals surface area contributed by atoms with Crippen molar-refractivity contribution in [2.24, 2.45) is 5.92 Å². The molecule has 0 aliphatic carbocycles. The van der Waals surface area contributed by atoms with E-state index in [0.717, 1.165) is 5.56 Å². The summed E-state index contributed by atoms with van der Waals surface area (Å²) in [5.74, 6) is -1.23. The fraction of sp³-hybridized carbons (Fsp3) is 0.368. The van der Waals surface area contributed by atoms with Gasteiger partial charge in [-0.2, -0.15) is 0 Å². The Kier molecular flexibility index (Phi) is 6.00. The van der Waals surface area contributed by atoms with Gasteiger partial charge in [-0.1, -0.05) is 18.2 Å².